The third-order valence-corrected chi connectivity index (χ3v) is 6.40. The maximum absolute atomic E-state index is 13.6. The Balaban J connectivity index is 1.47. The van der Waals surface area contributed by atoms with Crippen molar-refractivity contribution >= 4 is 0 Å². The van der Waals surface area contributed by atoms with Gasteiger partial charge in [-0.3, -0.25) is 0 Å². The SMILES string of the molecule is CCCC1CCC(C23COC(c4cc(F)c(F)c(F)c4)(OC2)OC3)CC1. The Bertz CT molecular complexity index is 623. The van der Waals surface area contributed by atoms with Crippen LogP contribution in [-0.2, 0) is 20.2 Å². The summed E-state index contributed by atoms with van der Waals surface area (Å²) in [6.45, 7) is 3.51. The van der Waals surface area contributed by atoms with Crippen molar-refractivity contribution in [3.05, 3.63) is 35.1 Å². The van der Waals surface area contributed by atoms with Crippen molar-refractivity contribution in [1.82, 2.24) is 0 Å². The number of hydrogen-bond acceptors (Lipinski definition) is 3. The van der Waals surface area contributed by atoms with E-state index in [2.05, 4.69) is 6.92 Å². The molecule has 0 atom stereocenters. The Morgan fingerprint density at radius 3 is 1.96 bits per heavy atom. The molecule has 3 aliphatic heterocycles. The van der Waals surface area contributed by atoms with Crippen molar-refractivity contribution in [1.29, 1.82) is 0 Å². The molecular weight excluding hydrogens is 345 g/mol. The minimum absolute atomic E-state index is 0.0221. The minimum atomic E-state index is -1.63. The van der Waals surface area contributed by atoms with Gasteiger partial charge in [-0.1, -0.05) is 32.6 Å². The molecule has 3 saturated heterocycles. The first-order valence-corrected chi connectivity index (χ1v) is 9.55. The molecule has 2 bridgehead atoms. The Hall–Kier alpha value is -1.11. The monoisotopic (exact) mass is 370 g/mol. The second-order valence-electron chi connectivity index (χ2n) is 8.04. The van der Waals surface area contributed by atoms with Crippen LogP contribution in [0.15, 0.2) is 12.1 Å². The standard InChI is InChI=1S/C20H25F3O3/c1-2-3-13-4-6-14(7-5-13)19-10-24-20(25-11-19,26-12-19)15-8-16(21)18(23)17(22)9-15/h8-9,13-14H,2-7,10-12H2,1H3. The third-order valence-electron chi connectivity index (χ3n) is 6.40. The lowest BCUT2D eigenvalue weighted by molar-refractivity contribution is -0.486. The van der Waals surface area contributed by atoms with Crippen molar-refractivity contribution in [2.75, 3.05) is 19.8 Å². The van der Waals surface area contributed by atoms with Crippen LogP contribution >= 0.6 is 0 Å². The molecule has 1 saturated carbocycles. The Kier molecular flexibility index (Phi) is 4.78. The number of rotatable bonds is 4. The summed E-state index contributed by atoms with van der Waals surface area (Å²) in [5.74, 6) is -4.41. The molecule has 5 rings (SSSR count). The van der Waals surface area contributed by atoms with Gasteiger partial charge in [0.05, 0.1) is 19.8 Å². The molecule has 3 nitrogen and oxygen atoms in total. The molecular formula is C20H25F3O3. The van der Waals surface area contributed by atoms with Crippen molar-refractivity contribution in [2.45, 2.75) is 51.4 Å². The predicted molar refractivity (Wildman–Crippen MR) is 88.6 cm³/mol. The summed E-state index contributed by atoms with van der Waals surface area (Å²) in [6.07, 6.45) is 7.22. The van der Waals surface area contributed by atoms with E-state index in [-0.39, 0.29) is 11.0 Å². The summed E-state index contributed by atoms with van der Waals surface area (Å²) in [5, 5.41) is 0. The lowest BCUT2D eigenvalue weighted by atomic mass is 9.66. The molecule has 26 heavy (non-hydrogen) atoms. The van der Waals surface area contributed by atoms with Crippen LogP contribution in [0.5, 0.6) is 0 Å². The van der Waals surface area contributed by atoms with Gasteiger partial charge in [0.2, 0.25) is 0 Å². The van der Waals surface area contributed by atoms with Crippen LogP contribution in [-0.4, -0.2) is 19.8 Å². The highest BCUT2D eigenvalue weighted by Gasteiger charge is 2.57. The first-order valence-electron chi connectivity index (χ1n) is 9.55. The number of hydrogen-bond donors (Lipinski definition) is 0. The van der Waals surface area contributed by atoms with Gasteiger partial charge >= 0.3 is 5.97 Å². The van der Waals surface area contributed by atoms with Gasteiger partial charge in [-0.05, 0) is 36.8 Å². The summed E-state index contributed by atoms with van der Waals surface area (Å²) >= 11 is 0. The van der Waals surface area contributed by atoms with E-state index in [1.54, 1.807) is 0 Å². The molecule has 0 N–H and O–H groups in total. The molecule has 0 aromatic heterocycles. The van der Waals surface area contributed by atoms with Gasteiger partial charge < -0.3 is 14.2 Å². The minimum Gasteiger partial charge on any atom is -0.323 e. The highest BCUT2D eigenvalue weighted by atomic mass is 19.2. The fraction of sp³-hybridized carbons (Fsp3) is 0.700. The maximum Gasteiger partial charge on any atom is 0.312 e. The molecule has 0 spiro atoms. The molecule has 6 heteroatoms. The molecule has 4 fully saturated rings. The highest BCUT2D eigenvalue weighted by Crippen LogP contribution is 2.51. The van der Waals surface area contributed by atoms with Crippen LogP contribution in [0.25, 0.3) is 0 Å². The van der Waals surface area contributed by atoms with E-state index < -0.39 is 23.4 Å². The molecule has 0 unspecified atom stereocenters. The van der Waals surface area contributed by atoms with Gasteiger partial charge in [0.25, 0.3) is 0 Å². The van der Waals surface area contributed by atoms with Crippen LogP contribution in [0.2, 0.25) is 0 Å². The first-order chi connectivity index (χ1) is 12.5. The van der Waals surface area contributed by atoms with Crippen molar-refractivity contribution < 1.29 is 27.4 Å². The van der Waals surface area contributed by atoms with E-state index in [9.17, 15) is 13.2 Å². The van der Waals surface area contributed by atoms with Crippen molar-refractivity contribution in [3.8, 4) is 0 Å². The molecule has 0 amide bonds. The van der Waals surface area contributed by atoms with Crippen LogP contribution in [0, 0.1) is 34.7 Å². The number of fused-ring (bicyclic) bond motifs is 3. The topological polar surface area (TPSA) is 27.7 Å². The quantitative estimate of drug-likeness (QED) is 0.707. The summed E-state index contributed by atoms with van der Waals surface area (Å²) in [4.78, 5) is 0. The number of ether oxygens (including phenoxy) is 3. The average Bonchev–Trinajstić information content (AvgIpc) is 2.68. The summed E-state index contributed by atoms with van der Waals surface area (Å²) in [6, 6.07) is 1.76. The Labute approximate surface area is 151 Å². The highest BCUT2D eigenvalue weighted by molar-refractivity contribution is 5.23. The largest absolute Gasteiger partial charge is 0.323 e. The van der Waals surface area contributed by atoms with E-state index in [4.69, 9.17) is 14.2 Å². The van der Waals surface area contributed by atoms with Gasteiger partial charge in [-0.25, -0.2) is 13.2 Å². The summed E-state index contributed by atoms with van der Waals surface area (Å²) in [5.41, 5.74) is -0.176. The predicted octanol–water partition coefficient (Wildman–Crippen LogP) is 4.88. The Morgan fingerprint density at radius 1 is 0.923 bits per heavy atom. The van der Waals surface area contributed by atoms with E-state index >= 15 is 0 Å². The Morgan fingerprint density at radius 2 is 1.46 bits per heavy atom. The summed E-state index contributed by atoms with van der Waals surface area (Å²) < 4.78 is 57.9. The zero-order chi connectivity index (χ0) is 18.4. The molecule has 4 aliphatic rings. The van der Waals surface area contributed by atoms with Crippen LogP contribution < -0.4 is 0 Å². The first kappa shape index (κ1) is 18.3. The van der Waals surface area contributed by atoms with Gasteiger partial charge in [0.15, 0.2) is 17.5 Å². The number of halogens is 3. The smallest absolute Gasteiger partial charge is 0.312 e. The normalized spacial score (nSPS) is 37.1. The average molecular weight is 370 g/mol. The molecule has 3 heterocycles. The van der Waals surface area contributed by atoms with Gasteiger partial charge in [-0.15, -0.1) is 0 Å². The lowest BCUT2D eigenvalue weighted by Gasteiger charge is -2.55. The van der Waals surface area contributed by atoms with Gasteiger partial charge in [0, 0.05) is 11.0 Å². The van der Waals surface area contributed by atoms with Gasteiger partial charge in [-0.2, -0.15) is 0 Å². The van der Waals surface area contributed by atoms with Crippen LogP contribution in [0.3, 0.4) is 0 Å². The zero-order valence-electron chi connectivity index (χ0n) is 15.0. The molecule has 1 aromatic rings. The van der Waals surface area contributed by atoms with Crippen LogP contribution in [0.1, 0.15) is 51.0 Å². The fourth-order valence-corrected chi connectivity index (χ4v) is 4.77. The second kappa shape index (κ2) is 6.80. The fourth-order valence-electron chi connectivity index (χ4n) is 4.77. The molecule has 1 aliphatic carbocycles. The zero-order valence-corrected chi connectivity index (χ0v) is 15.0. The summed E-state index contributed by atoms with van der Waals surface area (Å²) in [7, 11) is 0. The molecule has 1 aromatic carbocycles. The van der Waals surface area contributed by atoms with E-state index in [0.717, 1.165) is 30.9 Å². The molecule has 144 valence electrons. The van der Waals surface area contributed by atoms with Crippen molar-refractivity contribution in [2.24, 2.45) is 17.3 Å². The third kappa shape index (κ3) is 2.96. The second-order valence-corrected chi connectivity index (χ2v) is 8.04. The van der Waals surface area contributed by atoms with E-state index in [0.29, 0.717) is 25.7 Å². The van der Waals surface area contributed by atoms with Gasteiger partial charge in [0.1, 0.15) is 0 Å². The van der Waals surface area contributed by atoms with Crippen molar-refractivity contribution in [3.63, 3.8) is 0 Å². The molecule has 0 radical (unpaired) electrons. The van der Waals surface area contributed by atoms with E-state index in [1.807, 2.05) is 0 Å². The van der Waals surface area contributed by atoms with Crippen LogP contribution in [0.4, 0.5) is 13.2 Å². The van der Waals surface area contributed by atoms with E-state index in [1.165, 1.54) is 25.7 Å². The lowest BCUT2D eigenvalue weighted by Crippen LogP contribution is -2.61. The maximum atomic E-state index is 13.6. The number of benzene rings is 1.